The van der Waals surface area contributed by atoms with E-state index in [1.165, 1.54) is 16.0 Å². The molecule has 21 heavy (non-hydrogen) atoms. The van der Waals surface area contributed by atoms with Crippen LogP contribution in [-0.2, 0) is 6.54 Å². The highest BCUT2D eigenvalue weighted by Gasteiger charge is 2.03. The van der Waals surface area contributed by atoms with E-state index in [0.29, 0.717) is 0 Å². The number of hydrogen-bond donors (Lipinski definition) is 2. The van der Waals surface area contributed by atoms with Crippen LogP contribution in [0.5, 0.6) is 0 Å². The number of nitrogens with zero attached hydrogens (tertiary/aromatic N) is 1. The summed E-state index contributed by atoms with van der Waals surface area (Å²) in [5.74, 6) is 0. The quantitative estimate of drug-likeness (QED) is 0.691. The molecule has 0 bridgehead atoms. The Morgan fingerprint density at radius 1 is 1.00 bits per heavy atom. The first-order valence-corrected chi connectivity index (χ1v) is 7.65. The Balaban J connectivity index is 1.64. The average Bonchev–Trinajstić information content (AvgIpc) is 2.95. The third-order valence-electron chi connectivity index (χ3n) is 3.14. The van der Waals surface area contributed by atoms with Gasteiger partial charge < -0.3 is 5.43 Å². The van der Waals surface area contributed by atoms with Gasteiger partial charge in [0.1, 0.15) is 0 Å². The van der Waals surface area contributed by atoms with Crippen molar-refractivity contribution in [2.45, 2.75) is 13.5 Å². The van der Waals surface area contributed by atoms with Crippen molar-refractivity contribution < 1.29 is 0 Å². The van der Waals surface area contributed by atoms with E-state index in [1.54, 1.807) is 11.5 Å². The van der Waals surface area contributed by atoms with Gasteiger partial charge in [0.2, 0.25) is 0 Å². The minimum Gasteiger partial charge on any atom is -0.321 e. The zero-order chi connectivity index (χ0) is 14.5. The molecule has 0 amide bonds. The van der Waals surface area contributed by atoms with Crippen LogP contribution in [0.15, 0.2) is 60.7 Å². The lowest BCUT2D eigenvalue weighted by atomic mass is 10.1. The third kappa shape index (κ3) is 3.68. The number of para-hydroxylation sites is 1. The van der Waals surface area contributed by atoms with Gasteiger partial charge in [-0.25, -0.2) is 5.43 Å². The molecule has 0 unspecified atom stereocenters. The topological polar surface area (TPSA) is 37.0 Å². The predicted octanol–water partition coefficient (Wildman–Crippen LogP) is 4.24. The number of anilines is 1. The van der Waals surface area contributed by atoms with Crippen LogP contribution in [0, 0.1) is 6.92 Å². The minimum atomic E-state index is 0.764. The Labute approximate surface area is 128 Å². The first-order chi connectivity index (χ1) is 10.3. The van der Waals surface area contributed by atoms with Crippen molar-refractivity contribution >= 4 is 17.2 Å². The maximum Gasteiger partial charge on any atom is 0.0552 e. The van der Waals surface area contributed by atoms with Crippen molar-refractivity contribution in [3.63, 3.8) is 0 Å². The van der Waals surface area contributed by atoms with Crippen molar-refractivity contribution in [3.8, 4) is 10.4 Å². The second-order valence-corrected chi connectivity index (χ2v) is 5.68. The van der Waals surface area contributed by atoms with Gasteiger partial charge in [-0.15, -0.1) is 0 Å². The average molecular weight is 295 g/mol. The van der Waals surface area contributed by atoms with Crippen molar-refractivity contribution in [3.05, 3.63) is 71.9 Å². The van der Waals surface area contributed by atoms with Crippen LogP contribution in [0.2, 0.25) is 0 Å². The fraction of sp³-hybridized carbons (Fsp3) is 0.118. The SMILES string of the molecule is Cc1cc(-c2cccc(CNNc3ccccc3)c2)sn1. The van der Waals surface area contributed by atoms with Gasteiger partial charge in [-0.3, -0.25) is 0 Å². The predicted molar refractivity (Wildman–Crippen MR) is 89.2 cm³/mol. The van der Waals surface area contributed by atoms with Crippen LogP contribution < -0.4 is 10.9 Å². The zero-order valence-corrected chi connectivity index (χ0v) is 12.7. The fourth-order valence-electron chi connectivity index (χ4n) is 2.10. The lowest BCUT2D eigenvalue weighted by Crippen LogP contribution is -2.20. The van der Waals surface area contributed by atoms with Gasteiger partial charge in [-0.05, 0) is 53.8 Å². The number of aryl methyl sites for hydroxylation is 1. The van der Waals surface area contributed by atoms with Gasteiger partial charge >= 0.3 is 0 Å². The standard InChI is InChI=1S/C17H17N3S/c1-13-10-17(21-20-13)15-7-5-6-14(11-15)12-18-19-16-8-3-2-4-9-16/h2-11,18-19H,12H2,1H3. The Morgan fingerprint density at radius 3 is 2.62 bits per heavy atom. The Hall–Kier alpha value is -2.17. The molecule has 4 heteroatoms. The number of nitrogens with one attached hydrogen (secondary N) is 2. The first kappa shape index (κ1) is 13.8. The Morgan fingerprint density at radius 2 is 1.86 bits per heavy atom. The van der Waals surface area contributed by atoms with Crippen molar-refractivity contribution in [1.82, 2.24) is 9.80 Å². The first-order valence-electron chi connectivity index (χ1n) is 6.88. The van der Waals surface area contributed by atoms with Gasteiger partial charge in [0.15, 0.2) is 0 Å². The highest BCUT2D eigenvalue weighted by molar-refractivity contribution is 7.09. The number of benzene rings is 2. The van der Waals surface area contributed by atoms with E-state index in [1.807, 2.05) is 37.3 Å². The van der Waals surface area contributed by atoms with E-state index >= 15 is 0 Å². The van der Waals surface area contributed by atoms with Gasteiger partial charge in [0.05, 0.1) is 10.6 Å². The van der Waals surface area contributed by atoms with Crippen LogP contribution in [0.25, 0.3) is 10.4 Å². The smallest absolute Gasteiger partial charge is 0.0552 e. The molecule has 0 spiro atoms. The van der Waals surface area contributed by atoms with E-state index < -0.39 is 0 Å². The van der Waals surface area contributed by atoms with E-state index in [-0.39, 0.29) is 0 Å². The molecule has 0 fully saturated rings. The second kappa shape index (κ2) is 6.52. The lowest BCUT2D eigenvalue weighted by Gasteiger charge is -2.09. The molecule has 2 aromatic carbocycles. The molecule has 0 atom stereocenters. The molecule has 0 saturated heterocycles. The largest absolute Gasteiger partial charge is 0.321 e. The third-order valence-corrected chi connectivity index (χ3v) is 4.07. The van der Waals surface area contributed by atoms with E-state index in [4.69, 9.17) is 0 Å². The van der Waals surface area contributed by atoms with Crippen LogP contribution in [0.3, 0.4) is 0 Å². The summed E-state index contributed by atoms with van der Waals surface area (Å²) in [5.41, 5.74) is 11.0. The monoisotopic (exact) mass is 295 g/mol. The van der Waals surface area contributed by atoms with E-state index in [0.717, 1.165) is 17.9 Å². The summed E-state index contributed by atoms with van der Waals surface area (Å²) in [4.78, 5) is 1.21. The molecule has 2 N–H and O–H groups in total. The van der Waals surface area contributed by atoms with Crippen molar-refractivity contribution in [1.29, 1.82) is 0 Å². The van der Waals surface area contributed by atoms with Crippen molar-refractivity contribution in [2.75, 3.05) is 5.43 Å². The summed E-state index contributed by atoms with van der Waals surface area (Å²) in [6.07, 6.45) is 0. The molecule has 3 aromatic rings. The van der Waals surface area contributed by atoms with Gasteiger partial charge in [-0.1, -0.05) is 36.4 Å². The number of hydrogen-bond acceptors (Lipinski definition) is 4. The summed E-state index contributed by atoms with van der Waals surface area (Å²) in [7, 11) is 0. The van der Waals surface area contributed by atoms with E-state index in [9.17, 15) is 0 Å². The molecular weight excluding hydrogens is 278 g/mol. The molecule has 0 radical (unpaired) electrons. The molecule has 3 nitrogen and oxygen atoms in total. The van der Waals surface area contributed by atoms with Crippen LogP contribution in [0.1, 0.15) is 11.3 Å². The summed E-state index contributed by atoms with van der Waals surface area (Å²) in [5, 5.41) is 0. The minimum absolute atomic E-state index is 0.764. The molecule has 0 aliphatic rings. The molecule has 0 aliphatic carbocycles. The van der Waals surface area contributed by atoms with Crippen LogP contribution in [0.4, 0.5) is 5.69 Å². The highest BCUT2D eigenvalue weighted by atomic mass is 32.1. The number of aromatic nitrogens is 1. The second-order valence-electron chi connectivity index (χ2n) is 4.88. The Kier molecular flexibility index (Phi) is 4.28. The van der Waals surface area contributed by atoms with Gasteiger partial charge in [0, 0.05) is 12.2 Å². The molecular formula is C17H17N3S. The Bertz CT molecular complexity index is 707. The van der Waals surface area contributed by atoms with Crippen molar-refractivity contribution in [2.24, 2.45) is 0 Å². The number of rotatable bonds is 5. The van der Waals surface area contributed by atoms with Gasteiger partial charge in [-0.2, -0.15) is 4.37 Å². The molecule has 106 valence electrons. The van der Waals surface area contributed by atoms with Crippen LogP contribution in [-0.4, -0.2) is 4.37 Å². The highest BCUT2D eigenvalue weighted by Crippen LogP contribution is 2.25. The lowest BCUT2D eigenvalue weighted by molar-refractivity contribution is 0.802. The molecule has 1 aromatic heterocycles. The summed E-state index contributed by atoms with van der Waals surface area (Å²) in [6, 6.07) is 20.8. The normalized spacial score (nSPS) is 10.5. The fourth-order valence-corrected chi connectivity index (χ4v) is 2.85. The maximum absolute atomic E-state index is 4.34. The molecule has 3 rings (SSSR count). The maximum atomic E-state index is 4.34. The number of hydrazine groups is 1. The van der Waals surface area contributed by atoms with Crippen LogP contribution >= 0.6 is 11.5 Å². The van der Waals surface area contributed by atoms with Gasteiger partial charge in [0.25, 0.3) is 0 Å². The molecule has 0 saturated carbocycles. The summed E-state index contributed by atoms with van der Waals surface area (Å²) < 4.78 is 4.34. The molecule has 0 aliphatic heterocycles. The van der Waals surface area contributed by atoms with E-state index in [2.05, 4.69) is 45.6 Å². The summed E-state index contributed by atoms with van der Waals surface area (Å²) >= 11 is 1.55. The zero-order valence-electron chi connectivity index (χ0n) is 11.8. The summed E-state index contributed by atoms with van der Waals surface area (Å²) in [6.45, 7) is 2.79. The molecule has 1 heterocycles.